The molecule has 1 spiro atoms. The van der Waals surface area contributed by atoms with Crippen molar-refractivity contribution in [2.24, 2.45) is 5.41 Å². The first kappa shape index (κ1) is 19.1. The Balaban J connectivity index is 1.58. The molecule has 26 heavy (non-hydrogen) atoms. The highest BCUT2D eigenvalue weighted by atomic mass is 16.5. The number of nitrogens with one attached hydrogen (secondary N) is 1. The topological polar surface area (TPSA) is 99.2 Å². The number of rotatable bonds is 5. The van der Waals surface area contributed by atoms with Gasteiger partial charge in [0.2, 0.25) is 11.8 Å². The van der Waals surface area contributed by atoms with E-state index in [2.05, 4.69) is 5.32 Å². The Morgan fingerprint density at radius 3 is 2.69 bits per heavy atom. The summed E-state index contributed by atoms with van der Waals surface area (Å²) in [5.74, 6) is -0.719. The molecule has 0 aromatic carbocycles. The lowest BCUT2D eigenvalue weighted by molar-refractivity contribution is -0.155. The summed E-state index contributed by atoms with van der Waals surface area (Å²) >= 11 is 0. The molecule has 2 heterocycles. The summed E-state index contributed by atoms with van der Waals surface area (Å²) in [6, 6.07) is -1.09. The van der Waals surface area contributed by atoms with Crippen LogP contribution in [0, 0.1) is 5.41 Å². The monoisotopic (exact) mass is 367 g/mol. The largest absolute Gasteiger partial charge is 0.467 e. The predicted molar refractivity (Wildman–Crippen MR) is 93.1 cm³/mol. The maximum absolute atomic E-state index is 12.6. The van der Waals surface area contributed by atoms with E-state index in [4.69, 9.17) is 4.74 Å². The van der Waals surface area contributed by atoms with Crippen molar-refractivity contribution in [3.63, 3.8) is 0 Å². The quantitative estimate of drug-likeness (QED) is 0.636. The van der Waals surface area contributed by atoms with Crippen LogP contribution in [0.5, 0.6) is 0 Å². The number of aliphatic hydroxyl groups is 1. The average molecular weight is 367 g/mol. The van der Waals surface area contributed by atoms with Gasteiger partial charge in [0.05, 0.1) is 19.3 Å². The Morgan fingerprint density at radius 2 is 2.08 bits per heavy atom. The molecule has 0 aromatic rings. The van der Waals surface area contributed by atoms with Gasteiger partial charge in [-0.2, -0.15) is 0 Å². The molecule has 3 atom stereocenters. The van der Waals surface area contributed by atoms with Crippen LogP contribution in [0.2, 0.25) is 0 Å². The molecule has 1 aliphatic carbocycles. The zero-order valence-corrected chi connectivity index (χ0v) is 15.6. The minimum Gasteiger partial charge on any atom is -0.467 e. The second kappa shape index (κ2) is 7.52. The molecular formula is C18H29N3O5. The first-order valence-electron chi connectivity index (χ1n) is 9.45. The van der Waals surface area contributed by atoms with Crippen molar-refractivity contribution in [1.29, 1.82) is 0 Å². The van der Waals surface area contributed by atoms with Crippen molar-refractivity contribution in [2.75, 3.05) is 33.3 Å². The van der Waals surface area contributed by atoms with Gasteiger partial charge in [0.15, 0.2) is 0 Å². The molecule has 8 nitrogen and oxygen atoms in total. The normalized spacial score (nSPS) is 28.8. The number of piperazine rings is 1. The van der Waals surface area contributed by atoms with E-state index in [0.717, 1.165) is 19.3 Å². The Bertz CT molecular complexity index is 577. The highest BCUT2D eigenvalue weighted by Gasteiger charge is 2.51. The molecule has 2 saturated heterocycles. The van der Waals surface area contributed by atoms with Gasteiger partial charge < -0.3 is 25.0 Å². The van der Waals surface area contributed by atoms with E-state index in [1.165, 1.54) is 12.0 Å². The number of nitrogens with zero attached hydrogens (tertiary/aromatic N) is 2. The number of hydrogen-bond acceptors (Lipinski definition) is 6. The number of carbonyl (C=O) groups excluding carboxylic acids is 3. The number of ether oxygens (including phenoxy) is 1. The molecule has 2 amide bonds. The minimum atomic E-state index is -0.745. The fourth-order valence-corrected chi connectivity index (χ4v) is 4.10. The van der Waals surface area contributed by atoms with E-state index in [0.29, 0.717) is 26.2 Å². The lowest BCUT2D eigenvalue weighted by atomic mass is 9.90. The molecule has 3 fully saturated rings. The van der Waals surface area contributed by atoms with Gasteiger partial charge in [0, 0.05) is 32.6 Å². The van der Waals surface area contributed by atoms with E-state index >= 15 is 0 Å². The van der Waals surface area contributed by atoms with Gasteiger partial charge in [0.1, 0.15) is 6.04 Å². The standard InChI is InChI=1S/C18H29N3O5/c1-12-16(24)21(10-8-19-12)13(17(25)26-2)3-4-15(23)20-9-7-18(5-6-18)14(22)11-20/h12-14,19,22H,3-11H2,1-2H3/t12-,13-,14+/m0/s1. The summed E-state index contributed by atoms with van der Waals surface area (Å²) in [6.07, 6.45) is 2.88. The molecule has 3 rings (SSSR count). The third-order valence-corrected chi connectivity index (χ3v) is 6.16. The van der Waals surface area contributed by atoms with Gasteiger partial charge in [-0.05, 0) is 38.0 Å². The fraction of sp³-hybridized carbons (Fsp3) is 0.833. The maximum Gasteiger partial charge on any atom is 0.328 e. The van der Waals surface area contributed by atoms with Crippen LogP contribution in [0.1, 0.15) is 39.0 Å². The number of piperidine rings is 1. The van der Waals surface area contributed by atoms with Crippen molar-refractivity contribution in [2.45, 2.75) is 57.2 Å². The van der Waals surface area contributed by atoms with Gasteiger partial charge in [-0.1, -0.05) is 0 Å². The van der Waals surface area contributed by atoms with Crippen LogP contribution < -0.4 is 5.32 Å². The Labute approximate surface area is 153 Å². The molecule has 1 saturated carbocycles. The number of likely N-dealkylation sites (tertiary alicyclic amines) is 1. The van der Waals surface area contributed by atoms with E-state index < -0.39 is 18.1 Å². The second-order valence-corrected chi connectivity index (χ2v) is 7.75. The van der Waals surface area contributed by atoms with Crippen LogP contribution in [-0.2, 0) is 19.1 Å². The third kappa shape index (κ3) is 3.71. The SMILES string of the molecule is COC(=O)[C@H](CCC(=O)N1CCC2(CC2)[C@H](O)C1)N1CCN[C@@H](C)C1=O. The zero-order chi connectivity index (χ0) is 18.9. The van der Waals surface area contributed by atoms with Crippen LogP contribution in [-0.4, -0.2) is 84.2 Å². The highest BCUT2D eigenvalue weighted by Crippen LogP contribution is 2.53. The van der Waals surface area contributed by atoms with E-state index in [1.807, 2.05) is 0 Å². The number of methoxy groups -OCH3 is 1. The van der Waals surface area contributed by atoms with Crippen LogP contribution in [0.4, 0.5) is 0 Å². The highest BCUT2D eigenvalue weighted by molar-refractivity contribution is 5.88. The van der Waals surface area contributed by atoms with Gasteiger partial charge in [-0.25, -0.2) is 4.79 Å². The molecule has 0 unspecified atom stereocenters. The molecule has 146 valence electrons. The van der Waals surface area contributed by atoms with Crippen LogP contribution in [0.25, 0.3) is 0 Å². The van der Waals surface area contributed by atoms with Crippen molar-refractivity contribution < 1.29 is 24.2 Å². The van der Waals surface area contributed by atoms with Crippen LogP contribution in [0.3, 0.4) is 0 Å². The molecule has 2 aliphatic heterocycles. The first-order valence-corrected chi connectivity index (χ1v) is 9.45. The molecule has 8 heteroatoms. The number of carbonyl (C=O) groups is 3. The molecule has 2 N–H and O–H groups in total. The molecule has 0 bridgehead atoms. The van der Waals surface area contributed by atoms with Gasteiger partial charge in [0.25, 0.3) is 0 Å². The maximum atomic E-state index is 12.6. The molecule has 0 aromatic heterocycles. The lowest BCUT2D eigenvalue weighted by Crippen LogP contribution is -2.59. The third-order valence-electron chi connectivity index (χ3n) is 6.16. The summed E-state index contributed by atoms with van der Waals surface area (Å²) in [6.45, 7) is 3.81. The first-order chi connectivity index (χ1) is 12.4. The number of aliphatic hydroxyl groups excluding tert-OH is 1. The zero-order valence-electron chi connectivity index (χ0n) is 15.6. The number of β-amino-alcohol motifs (C(OH)–C–C–N with tert-alkyl or cyclic N) is 1. The number of esters is 1. The van der Waals surface area contributed by atoms with Gasteiger partial charge >= 0.3 is 5.97 Å². The van der Waals surface area contributed by atoms with Crippen LogP contribution in [0.15, 0.2) is 0 Å². The Kier molecular flexibility index (Phi) is 5.53. The van der Waals surface area contributed by atoms with E-state index in [1.54, 1.807) is 11.8 Å². The van der Waals surface area contributed by atoms with Gasteiger partial charge in [-0.3, -0.25) is 9.59 Å². The minimum absolute atomic E-state index is 0.0503. The molecule has 0 radical (unpaired) electrons. The lowest BCUT2D eigenvalue weighted by Gasteiger charge is -2.38. The summed E-state index contributed by atoms with van der Waals surface area (Å²) in [4.78, 5) is 40.3. The van der Waals surface area contributed by atoms with E-state index in [9.17, 15) is 19.5 Å². The van der Waals surface area contributed by atoms with Crippen molar-refractivity contribution in [3.8, 4) is 0 Å². The van der Waals surface area contributed by atoms with E-state index in [-0.39, 0.29) is 36.1 Å². The van der Waals surface area contributed by atoms with Crippen molar-refractivity contribution in [3.05, 3.63) is 0 Å². The van der Waals surface area contributed by atoms with Gasteiger partial charge in [-0.15, -0.1) is 0 Å². The average Bonchev–Trinajstić information content (AvgIpc) is 3.41. The smallest absolute Gasteiger partial charge is 0.328 e. The Morgan fingerprint density at radius 1 is 1.35 bits per heavy atom. The molecule has 3 aliphatic rings. The summed E-state index contributed by atoms with van der Waals surface area (Å²) < 4.78 is 4.86. The number of hydrogen-bond donors (Lipinski definition) is 2. The summed E-state index contributed by atoms with van der Waals surface area (Å²) in [7, 11) is 1.29. The fourth-order valence-electron chi connectivity index (χ4n) is 4.10. The number of amides is 2. The van der Waals surface area contributed by atoms with Crippen molar-refractivity contribution >= 4 is 17.8 Å². The predicted octanol–water partition coefficient (Wildman–Crippen LogP) is -0.498. The van der Waals surface area contributed by atoms with Crippen LogP contribution >= 0.6 is 0 Å². The Hall–Kier alpha value is -1.67. The summed E-state index contributed by atoms with van der Waals surface area (Å²) in [5, 5.41) is 13.3. The van der Waals surface area contributed by atoms with Crippen molar-refractivity contribution in [1.82, 2.24) is 15.1 Å². The second-order valence-electron chi connectivity index (χ2n) is 7.75. The summed E-state index contributed by atoms with van der Waals surface area (Å²) in [5.41, 5.74) is 0.0503. The molecular weight excluding hydrogens is 338 g/mol.